The van der Waals surface area contributed by atoms with Crippen LogP contribution in [0, 0.1) is 0 Å². The lowest BCUT2D eigenvalue weighted by molar-refractivity contribution is 1.02. The second kappa shape index (κ2) is 5.06. The van der Waals surface area contributed by atoms with Crippen LogP contribution < -0.4 is 27.2 Å². The molecule has 0 saturated heterocycles. The minimum atomic E-state index is 0.609. The van der Waals surface area contributed by atoms with E-state index in [-0.39, 0.29) is 0 Å². The molecule has 0 fully saturated rings. The lowest BCUT2D eigenvalue weighted by atomic mass is 10.3. The maximum absolute atomic E-state index is 5.72. The van der Waals surface area contributed by atoms with E-state index in [1.54, 1.807) is 13.2 Å². The highest BCUT2D eigenvalue weighted by atomic mass is 15.4. The summed E-state index contributed by atoms with van der Waals surface area (Å²) in [5.74, 6) is 6.33. The van der Waals surface area contributed by atoms with E-state index in [0.717, 1.165) is 11.4 Å². The zero-order valence-corrected chi connectivity index (χ0v) is 8.86. The molecule has 0 radical (unpaired) electrons. The molecule has 0 spiro atoms. The molecule has 6 N–H and O–H groups in total. The SMILES string of the molecule is CNc1cnc(N(N)/C=C\N)c(NC)c1. The van der Waals surface area contributed by atoms with Crippen molar-refractivity contribution in [2.45, 2.75) is 0 Å². The second-order valence-corrected chi connectivity index (χ2v) is 2.84. The van der Waals surface area contributed by atoms with Crippen molar-refractivity contribution in [1.82, 2.24) is 4.98 Å². The summed E-state index contributed by atoms with van der Waals surface area (Å²) in [7, 11) is 3.64. The van der Waals surface area contributed by atoms with Gasteiger partial charge >= 0.3 is 0 Å². The average molecular weight is 208 g/mol. The van der Waals surface area contributed by atoms with E-state index in [2.05, 4.69) is 15.6 Å². The summed E-state index contributed by atoms with van der Waals surface area (Å²) in [6.07, 6.45) is 4.58. The Morgan fingerprint density at radius 2 is 2.13 bits per heavy atom. The third-order valence-corrected chi connectivity index (χ3v) is 1.92. The van der Waals surface area contributed by atoms with Crippen LogP contribution in [0.3, 0.4) is 0 Å². The fraction of sp³-hybridized carbons (Fsp3) is 0.222. The van der Waals surface area contributed by atoms with Gasteiger partial charge in [0.2, 0.25) is 0 Å². The Morgan fingerprint density at radius 1 is 1.40 bits per heavy atom. The highest BCUT2D eigenvalue weighted by Crippen LogP contribution is 2.24. The van der Waals surface area contributed by atoms with Gasteiger partial charge in [-0.1, -0.05) is 0 Å². The molecule has 1 rings (SSSR count). The van der Waals surface area contributed by atoms with Crippen molar-refractivity contribution in [2.75, 3.05) is 29.7 Å². The van der Waals surface area contributed by atoms with Crippen LogP contribution in [0.15, 0.2) is 24.7 Å². The first-order chi connectivity index (χ1) is 7.22. The van der Waals surface area contributed by atoms with E-state index >= 15 is 0 Å². The molecule has 0 aliphatic heterocycles. The minimum absolute atomic E-state index is 0.609. The van der Waals surface area contributed by atoms with Gasteiger partial charge in [-0.15, -0.1) is 0 Å². The van der Waals surface area contributed by atoms with Gasteiger partial charge in [0.1, 0.15) is 0 Å². The molecule has 0 saturated carbocycles. The Hall–Kier alpha value is -1.95. The largest absolute Gasteiger partial charge is 0.403 e. The first-order valence-electron chi connectivity index (χ1n) is 4.50. The van der Waals surface area contributed by atoms with E-state index in [4.69, 9.17) is 11.6 Å². The highest BCUT2D eigenvalue weighted by Gasteiger charge is 2.07. The molecule has 0 atom stereocenters. The van der Waals surface area contributed by atoms with Crippen LogP contribution >= 0.6 is 0 Å². The minimum Gasteiger partial charge on any atom is -0.403 e. The third-order valence-electron chi connectivity index (χ3n) is 1.92. The molecule has 0 aromatic carbocycles. The Kier molecular flexibility index (Phi) is 3.75. The summed E-state index contributed by atoms with van der Waals surface area (Å²) in [4.78, 5) is 4.21. The van der Waals surface area contributed by atoms with Gasteiger partial charge in [-0.3, -0.25) is 5.01 Å². The Labute approximate surface area is 88.9 Å². The zero-order valence-electron chi connectivity index (χ0n) is 8.86. The van der Waals surface area contributed by atoms with Gasteiger partial charge in [0.05, 0.1) is 17.6 Å². The van der Waals surface area contributed by atoms with E-state index in [1.807, 2.05) is 13.1 Å². The van der Waals surface area contributed by atoms with Crippen LogP contribution in [0.1, 0.15) is 0 Å². The number of anilines is 3. The van der Waals surface area contributed by atoms with E-state index in [1.165, 1.54) is 17.4 Å². The predicted octanol–water partition coefficient (Wildman–Crippen LogP) is 0.275. The van der Waals surface area contributed by atoms with Crippen molar-refractivity contribution < 1.29 is 0 Å². The van der Waals surface area contributed by atoms with Crippen molar-refractivity contribution in [1.29, 1.82) is 0 Å². The molecule has 0 aliphatic carbocycles. The van der Waals surface area contributed by atoms with Gasteiger partial charge in [0.25, 0.3) is 0 Å². The molecule has 0 bridgehead atoms. The molecule has 1 aromatic heterocycles. The van der Waals surface area contributed by atoms with E-state index in [0.29, 0.717) is 5.82 Å². The summed E-state index contributed by atoms with van der Waals surface area (Å²) >= 11 is 0. The molecular weight excluding hydrogens is 192 g/mol. The quantitative estimate of drug-likeness (QED) is 0.419. The number of aromatic nitrogens is 1. The fourth-order valence-electron chi connectivity index (χ4n) is 1.15. The Balaban J connectivity index is 3.06. The number of pyridine rings is 1. The molecule has 6 nitrogen and oxygen atoms in total. The zero-order chi connectivity index (χ0) is 11.3. The lowest BCUT2D eigenvalue weighted by Gasteiger charge is -2.16. The van der Waals surface area contributed by atoms with Crippen molar-refractivity contribution in [3.63, 3.8) is 0 Å². The van der Waals surface area contributed by atoms with E-state index in [9.17, 15) is 0 Å². The standard InChI is InChI=1S/C9H16N6/c1-12-7-5-8(13-2)9(14-6-7)15(11)4-3-10/h3-6,12-13H,10-11H2,1-2H3/b4-3-. The molecule has 82 valence electrons. The molecule has 0 amide bonds. The monoisotopic (exact) mass is 208 g/mol. The molecule has 6 heteroatoms. The van der Waals surface area contributed by atoms with Gasteiger partial charge in [-0.2, -0.15) is 0 Å². The van der Waals surface area contributed by atoms with Crippen LogP contribution in [0.5, 0.6) is 0 Å². The third kappa shape index (κ3) is 2.50. The fourth-order valence-corrected chi connectivity index (χ4v) is 1.15. The normalized spacial score (nSPS) is 10.3. The summed E-state index contributed by atoms with van der Waals surface area (Å²) < 4.78 is 0. The first kappa shape index (κ1) is 11.1. The number of hydrazine groups is 1. The molecular formula is C9H16N6. The van der Waals surface area contributed by atoms with Gasteiger partial charge in [0.15, 0.2) is 5.82 Å². The van der Waals surface area contributed by atoms with Crippen LogP contribution in [-0.4, -0.2) is 19.1 Å². The maximum atomic E-state index is 5.72. The lowest BCUT2D eigenvalue weighted by Crippen LogP contribution is -2.26. The second-order valence-electron chi connectivity index (χ2n) is 2.84. The first-order valence-corrected chi connectivity index (χ1v) is 4.50. The summed E-state index contributed by atoms with van der Waals surface area (Å²) in [5.41, 5.74) is 6.98. The molecule has 15 heavy (non-hydrogen) atoms. The smallest absolute Gasteiger partial charge is 0.170 e. The van der Waals surface area contributed by atoms with Crippen molar-refractivity contribution in [3.8, 4) is 0 Å². The highest BCUT2D eigenvalue weighted by molar-refractivity contribution is 5.70. The van der Waals surface area contributed by atoms with Crippen molar-refractivity contribution in [3.05, 3.63) is 24.7 Å². The summed E-state index contributed by atoms with van der Waals surface area (Å²) in [5, 5.41) is 7.36. The van der Waals surface area contributed by atoms with Crippen LogP contribution in [0.4, 0.5) is 17.2 Å². The van der Waals surface area contributed by atoms with Crippen molar-refractivity contribution >= 4 is 17.2 Å². The van der Waals surface area contributed by atoms with Gasteiger partial charge < -0.3 is 16.4 Å². The molecule has 0 unspecified atom stereocenters. The number of rotatable bonds is 4. The summed E-state index contributed by atoms with van der Waals surface area (Å²) in [6.45, 7) is 0. The predicted molar refractivity (Wildman–Crippen MR) is 63.3 cm³/mol. The molecule has 0 aliphatic rings. The van der Waals surface area contributed by atoms with E-state index < -0.39 is 0 Å². The van der Waals surface area contributed by atoms with Gasteiger partial charge in [0, 0.05) is 26.5 Å². The van der Waals surface area contributed by atoms with Crippen LogP contribution in [0.2, 0.25) is 0 Å². The molecule has 1 heterocycles. The number of hydrogen-bond donors (Lipinski definition) is 4. The molecule has 1 aromatic rings. The van der Waals surface area contributed by atoms with Crippen LogP contribution in [0.25, 0.3) is 0 Å². The van der Waals surface area contributed by atoms with Crippen LogP contribution in [-0.2, 0) is 0 Å². The summed E-state index contributed by atoms with van der Waals surface area (Å²) in [6, 6.07) is 1.91. The maximum Gasteiger partial charge on any atom is 0.170 e. The topological polar surface area (TPSA) is 92.2 Å². The van der Waals surface area contributed by atoms with Crippen molar-refractivity contribution in [2.24, 2.45) is 11.6 Å². The Bertz CT molecular complexity index is 348. The number of nitrogens with zero attached hydrogens (tertiary/aromatic N) is 2. The average Bonchev–Trinajstić information content (AvgIpc) is 2.28. The van der Waals surface area contributed by atoms with Gasteiger partial charge in [-0.05, 0) is 6.07 Å². The van der Waals surface area contributed by atoms with Gasteiger partial charge in [-0.25, -0.2) is 10.8 Å². The number of nitrogens with one attached hydrogen (secondary N) is 2. The Morgan fingerprint density at radius 3 is 2.67 bits per heavy atom. The number of hydrogen-bond acceptors (Lipinski definition) is 6. The number of nitrogens with two attached hydrogens (primary N) is 2.